The summed E-state index contributed by atoms with van der Waals surface area (Å²) in [4.78, 5) is 22.1. The van der Waals surface area contributed by atoms with Crippen LogP contribution < -0.4 is 4.74 Å². The van der Waals surface area contributed by atoms with Gasteiger partial charge < -0.3 is 4.74 Å². The minimum Gasteiger partial charge on any atom is -0.440 e. The lowest BCUT2D eigenvalue weighted by Crippen LogP contribution is -1.91. The normalized spacial score (nSPS) is 10.3. The number of benzene rings is 1. The highest BCUT2D eigenvalue weighted by Gasteiger charge is 2.23. The maximum absolute atomic E-state index is 11.3. The number of carbonyl (C=O) groups is 1. The van der Waals surface area contributed by atoms with Crippen molar-refractivity contribution in [3.63, 3.8) is 0 Å². The molecule has 104 valence electrons. The fourth-order valence-electron chi connectivity index (χ4n) is 1.66. The fourth-order valence-corrected chi connectivity index (χ4v) is 2.54. The molecule has 0 saturated carbocycles. The van der Waals surface area contributed by atoms with Gasteiger partial charge in [0, 0.05) is 6.07 Å². The maximum Gasteiger partial charge on any atom is 0.323 e. The van der Waals surface area contributed by atoms with Gasteiger partial charge in [-0.1, -0.05) is 23.5 Å². The number of carbonyl (C=O) groups excluding carboxylic acids is 1. The van der Waals surface area contributed by atoms with Gasteiger partial charge >= 0.3 is 5.69 Å². The first-order valence-electron chi connectivity index (χ1n) is 5.92. The maximum atomic E-state index is 11.3. The predicted octanol–water partition coefficient (Wildman–Crippen LogP) is 4.27. The molecule has 0 fully saturated rings. The molecule has 0 N–H and O–H groups in total. The fraction of sp³-hybridized carbons (Fsp3) is 0.214. The van der Waals surface area contributed by atoms with E-state index in [0.717, 1.165) is 22.5 Å². The van der Waals surface area contributed by atoms with E-state index in [1.54, 1.807) is 0 Å². The van der Waals surface area contributed by atoms with Crippen molar-refractivity contribution in [2.75, 3.05) is 0 Å². The van der Waals surface area contributed by atoms with Crippen LogP contribution in [0.3, 0.4) is 0 Å². The van der Waals surface area contributed by atoms with Crippen LogP contribution in [0.4, 0.5) is 5.69 Å². The summed E-state index contributed by atoms with van der Waals surface area (Å²) in [7, 11) is 0. The van der Waals surface area contributed by atoms with Crippen LogP contribution in [0.25, 0.3) is 0 Å². The first-order chi connectivity index (χ1) is 9.38. The van der Waals surface area contributed by atoms with Crippen LogP contribution in [-0.4, -0.2) is 10.7 Å². The van der Waals surface area contributed by atoms with E-state index in [-0.39, 0.29) is 16.5 Å². The molecule has 0 spiro atoms. The molecule has 0 amide bonds. The molecule has 0 unspecified atom stereocenters. The van der Waals surface area contributed by atoms with Crippen molar-refractivity contribution in [3.8, 4) is 10.8 Å². The number of Topliss-reactive ketones (excluding diaryl/α,β-unsaturated/α-hetero) is 1. The van der Waals surface area contributed by atoms with Crippen LogP contribution >= 0.6 is 11.3 Å². The minimum absolute atomic E-state index is 0.133. The van der Waals surface area contributed by atoms with E-state index in [1.165, 1.54) is 13.0 Å². The molecule has 0 aliphatic heterocycles. The summed E-state index contributed by atoms with van der Waals surface area (Å²) >= 11 is 0.992. The summed E-state index contributed by atoms with van der Waals surface area (Å²) in [6, 6.07) is 6.89. The topological polar surface area (TPSA) is 69.4 Å². The van der Waals surface area contributed by atoms with E-state index >= 15 is 0 Å². The molecule has 0 atom stereocenters. The Kier molecular flexibility index (Phi) is 3.85. The van der Waals surface area contributed by atoms with Crippen LogP contribution in [0, 0.1) is 24.0 Å². The van der Waals surface area contributed by atoms with Crippen molar-refractivity contribution in [1.82, 2.24) is 0 Å². The molecule has 2 aromatic rings. The Morgan fingerprint density at radius 3 is 2.60 bits per heavy atom. The van der Waals surface area contributed by atoms with Gasteiger partial charge in [-0.15, -0.1) is 0 Å². The van der Waals surface area contributed by atoms with Crippen molar-refractivity contribution in [3.05, 3.63) is 50.4 Å². The molecule has 1 heterocycles. The van der Waals surface area contributed by atoms with Gasteiger partial charge in [0.25, 0.3) is 5.06 Å². The van der Waals surface area contributed by atoms with Gasteiger partial charge in [0.15, 0.2) is 5.78 Å². The highest BCUT2D eigenvalue weighted by molar-refractivity contribution is 7.16. The third-order valence-corrected chi connectivity index (χ3v) is 3.87. The Morgan fingerprint density at radius 2 is 2.00 bits per heavy atom. The monoisotopic (exact) mass is 291 g/mol. The molecule has 1 aromatic carbocycles. The second kappa shape index (κ2) is 5.42. The number of hydrogen-bond acceptors (Lipinski definition) is 5. The second-order valence-electron chi connectivity index (χ2n) is 4.47. The molecule has 0 radical (unpaired) electrons. The summed E-state index contributed by atoms with van der Waals surface area (Å²) in [5.41, 5.74) is 1.69. The molecular weight excluding hydrogens is 278 g/mol. The van der Waals surface area contributed by atoms with Gasteiger partial charge in [0.2, 0.25) is 0 Å². The minimum atomic E-state index is -0.538. The molecule has 0 aliphatic rings. The average Bonchev–Trinajstić information content (AvgIpc) is 2.78. The highest BCUT2D eigenvalue weighted by Crippen LogP contribution is 2.40. The standard InChI is InChI=1S/C14H13NO4S/c1-8-4-5-9(2)12(6-8)19-14-11(15(17)18)7-13(20-14)10(3)16/h4-7H,1-3H3. The lowest BCUT2D eigenvalue weighted by atomic mass is 10.1. The van der Waals surface area contributed by atoms with Crippen LogP contribution in [-0.2, 0) is 0 Å². The molecule has 1 aromatic heterocycles. The summed E-state index contributed by atoms with van der Waals surface area (Å²) in [5, 5.41) is 11.2. The zero-order chi connectivity index (χ0) is 14.9. The lowest BCUT2D eigenvalue weighted by Gasteiger charge is -2.07. The van der Waals surface area contributed by atoms with E-state index in [9.17, 15) is 14.9 Å². The summed E-state index contributed by atoms with van der Waals surface area (Å²) in [6.07, 6.45) is 0. The first-order valence-corrected chi connectivity index (χ1v) is 6.74. The Hall–Kier alpha value is -2.21. The van der Waals surface area contributed by atoms with Gasteiger partial charge in [-0.25, -0.2) is 0 Å². The van der Waals surface area contributed by atoms with Crippen molar-refractivity contribution in [2.45, 2.75) is 20.8 Å². The van der Waals surface area contributed by atoms with Crippen LogP contribution in [0.1, 0.15) is 27.7 Å². The Morgan fingerprint density at radius 1 is 1.30 bits per heavy atom. The predicted molar refractivity (Wildman–Crippen MR) is 77.0 cm³/mol. The van der Waals surface area contributed by atoms with E-state index in [0.29, 0.717) is 10.6 Å². The Balaban J connectivity index is 2.44. The SMILES string of the molecule is CC(=O)c1cc([N+](=O)[O-])c(Oc2cc(C)ccc2C)s1. The van der Waals surface area contributed by atoms with Crippen molar-refractivity contribution in [2.24, 2.45) is 0 Å². The number of nitro groups is 1. The number of thiophene rings is 1. The molecule has 6 heteroatoms. The zero-order valence-corrected chi connectivity index (χ0v) is 12.1. The van der Waals surface area contributed by atoms with Crippen molar-refractivity contribution in [1.29, 1.82) is 0 Å². The van der Waals surface area contributed by atoms with Crippen molar-refractivity contribution < 1.29 is 14.5 Å². The van der Waals surface area contributed by atoms with Gasteiger partial charge in [-0.3, -0.25) is 14.9 Å². The molecular formula is C14H13NO4S. The second-order valence-corrected chi connectivity index (χ2v) is 5.48. The van der Waals surface area contributed by atoms with E-state index in [2.05, 4.69) is 0 Å². The smallest absolute Gasteiger partial charge is 0.323 e. The van der Waals surface area contributed by atoms with Crippen LogP contribution in [0.2, 0.25) is 0 Å². The highest BCUT2D eigenvalue weighted by atomic mass is 32.1. The quantitative estimate of drug-likeness (QED) is 0.479. The van der Waals surface area contributed by atoms with Gasteiger partial charge in [-0.2, -0.15) is 0 Å². The molecule has 5 nitrogen and oxygen atoms in total. The van der Waals surface area contributed by atoms with Crippen LogP contribution in [0.5, 0.6) is 10.8 Å². The van der Waals surface area contributed by atoms with E-state index in [1.807, 2.05) is 32.0 Å². The number of nitrogens with zero attached hydrogens (tertiary/aromatic N) is 1. The van der Waals surface area contributed by atoms with Crippen molar-refractivity contribution >= 4 is 22.8 Å². The molecule has 2 rings (SSSR count). The molecule has 20 heavy (non-hydrogen) atoms. The largest absolute Gasteiger partial charge is 0.440 e. The average molecular weight is 291 g/mol. The summed E-state index contributed by atoms with van der Waals surface area (Å²) < 4.78 is 5.64. The Bertz CT molecular complexity index is 690. The molecule has 0 saturated heterocycles. The number of rotatable bonds is 4. The Labute approximate surface area is 120 Å². The first kappa shape index (κ1) is 14.2. The number of aryl methyl sites for hydroxylation is 2. The van der Waals surface area contributed by atoms with Gasteiger partial charge in [-0.05, 0) is 38.0 Å². The van der Waals surface area contributed by atoms with Crippen LogP contribution in [0.15, 0.2) is 24.3 Å². The third-order valence-electron chi connectivity index (χ3n) is 2.77. The molecule has 0 bridgehead atoms. The number of ether oxygens (including phenoxy) is 1. The van der Waals surface area contributed by atoms with E-state index in [4.69, 9.17) is 4.74 Å². The zero-order valence-electron chi connectivity index (χ0n) is 11.3. The summed E-state index contributed by atoms with van der Waals surface area (Å²) in [6.45, 7) is 5.15. The van der Waals surface area contributed by atoms with Gasteiger partial charge in [0.1, 0.15) is 5.75 Å². The number of hydrogen-bond donors (Lipinski definition) is 0. The number of ketones is 1. The lowest BCUT2D eigenvalue weighted by molar-refractivity contribution is -0.385. The van der Waals surface area contributed by atoms with Gasteiger partial charge in [0.05, 0.1) is 9.80 Å². The summed E-state index contributed by atoms with van der Waals surface area (Å²) in [5.74, 6) is 0.346. The van der Waals surface area contributed by atoms with E-state index < -0.39 is 4.92 Å². The molecule has 0 aliphatic carbocycles. The third kappa shape index (κ3) is 2.85.